The van der Waals surface area contributed by atoms with Crippen molar-refractivity contribution >= 4 is 17.2 Å². The molecule has 136 valence electrons. The summed E-state index contributed by atoms with van der Waals surface area (Å²) >= 11 is 1.39. The summed E-state index contributed by atoms with van der Waals surface area (Å²) in [7, 11) is 1.56. The first-order chi connectivity index (χ1) is 12.6. The van der Waals surface area contributed by atoms with Crippen molar-refractivity contribution in [2.45, 2.75) is 5.60 Å². The molecule has 1 aromatic carbocycles. The molecule has 0 saturated carbocycles. The molecule has 3 aromatic rings. The molecule has 0 saturated heterocycles. The molecule has 1 amide bonds. The number of rotatable bonds is 8. The quantitative estimate of drug-likeness (QED) is 0.635. The predicted octanol–water partition coefficient (Wildman–Crippen LogP) is 2.78. The number of aliphatic hydroxyl groups is 1. The van der Waals surface area contributed by atoms with Gasteiger partial charge in [0.1, 0.15) is 17.3 Å². The summed E-state index contributed by atoms with van der Waals surface area (Å²) in [4.78, 5) is 12.8. The van der Waals surface area contributed by atoms with Gasteiger partial charge in [0, 0.05) is 10.9 Å². The van der Waals surface area contributed by atoms with Crippen molar-refractivity contribution in [2.75, 3.05) is 20.3 Å². The van der Waals surface area contributed by atoms with Gasteiger partial charge < -0.3 is 24.3 Å². The lowest BCUT2D eigenvalue weighted by molar-refractivity contribution is -0.124. The van der Waals surface area contributed by atoms with Crippen molar-refractivity contribution in [3.63, 3.8) is 0 Å². The lowest BCUT2D eigenvalue weighted by Crippen LogP contribution is -2.42. The number of nitrogens with one attached hydrogen (secondary N) is 1. The Morgan fingerprint density at radius 2 is 2.08 bits per heavy atom. The van der Waals surface area contributed by atoms with Crippen LogP contribution in [0.2, 0.25) is 0 Å². The summed E-state index contributed by atoms with van der Waals surface area (Å²) in [6.45, 7) is -0.201. The van der Waals surface area contributed by atoms with Crippen LogP contribution < -0.4 is 14.8 Å². The molecule has 0 spiro atoms. The smallest absolute Gasteiger partial charge is 0.258 e. The van der Waals surface area contributed by atoms with Crippen LogP contribution in [0.25, 0.3) is 0 Å². The largest absolute Gasteiger partial charge is 0.497 e. The number of thiophene rings is 1. The molecule has 1 atom stereocenters. The number of furan rings is 1. The van der Waals surface area contributed by atoms with E-state index in [1.807, 2.05) is 11.4 Å². The molecule has 0 radical (unpaired) electrons. The van der Waals surface area contributed by atoms with Crippen molar-refractivity contribution in [3.05, 3.63) is 70.8 Å². The second kappa shape index (κ2) is 8.07. The van der Waals surface area contributed by atoms with E-state index in [1.54, 1.807) is 49.6 Å². The van der Waals surface area contributed by atoms with Gasteiger partial charge >= 0.3 is 0 Å². The Kier molecular flexibility index (Phi) is 5.60. The van der Waals surface area contributed by atoms with Crippen LogP contribution in [0.4, 0.5) is 0 Å². The van der Waals surface area contributed by atoms with Crippen molar-refractivity contribution in [3.8, 4) is 11.5 Å². The van der Waals surface area contributed by atoms with E-state index in [0.717, 1.165) is 0 Å². The Hall–Kier alpha value is -2.77. The molecule has 0 fully saturated rings. The third kappa shape index (κ3) is 4.07. The zero-order valence-electron chi connectivity index (χ0n) is 14.2. The summed E-state index contributed by atoms with van der Waals surface area (Å²) in [5, 5.41) is 15.6. The van der Waals surface area contributed by atoms with Crippen molar-refractivity contribution in [2.24, 2.45) is 0 Å². The highest BCUT2D eigenvalue weighted by Crippen LogP contribution is 2.32. The average molecular weight is 373 g/mol. The molecule has 0 bridgehead atoms. The molecule has 0 aliphatic heterocycles. The monoisotopic (exact) mass is 373 g/mol. The van der Waals surface area contributed by atoms with E-state index in [4.69, 9.17) is 13.9 Å². The zero-order valence-corrected chi connectivity index (χ0v) is 15.0. The molecule has 2 N–H and O–H groups in total. The first-order valence-electron chi connectivity index (χ1n) is 7.96. The number of hydrogen-bond acceptors (Lipinski definition) is 6. The molecular formula is C19H19NO5S. The summed E-state index contributed by atoms with van der Waals surface area (Å²) < 4.78 is 15.9. The highest BCUT2D eigenvalue weighted by molar-refractivity contribution is 7.10. The van der Waals surface area contributed by atoms with Gasteiger partial charge in [0.2, 0.25) is 0 Å². The number of amides is 1. The first-order valence-corrected chi connectivity index (χ1v) is 8.83. The maximum Gasteiger partial charge on any atom is 0.258 e. The van der Waals surface area contributed by atoms with Crippen molar-refractivity contribution in [1.82, 2.24) is 5.32 Å². The van der Waals surface area contributed by atoms with Crippen molar-refractivity contribution in [1.29, 1.82) is 0 Å². The Labute approximate surface area is 155 Å². The third-order valence-electron chi connectivity index (χ3n) is 3.81. The number of ether oxygens (including phenoxy) is 2. The van der Waals surface area contributed by atoms with E-state index in [9.17, 15) is 9.90 Å². The lowest BCUT2D eigenvalue weighted by Gasteiger charge is -2.25. The average Bonchev–Trinajstić information content (AvgIpc) is 3.39. The Balaban J connectivity index is 1.61. The summed E-state index contributed by atoms with van der Waals surface area (Å²) in [6.07, 6.45) is 1.49. The summed E-state index contributed by atoms with van der Waals surface area (Å²) in [5.41, 5.74) is -1.43. The van der Waals surface area contributed by atoms with Gasteiger partial charge in [-0.3, -0.25) is 4.79 Å². The minimum atomic E-state index is -1.43. The Bertz CT molecular complexity index is 795. The summed E-state index contributed by atoms with van der Waals surface area (Å²) in [6, 6.07) is 14.0. The number of methoxy groups -OCH3 is 1. The topological polar surface area (TPSA) is 80.9 Å². The standard InChI is InChI=1S/C19H19NO5S/c1-23-14-5-2-6-15(11-14)25-12-18(21)20-13-19(22,16-7-3-9-24-16)17-8-4-10-26-17/h2-11,22H,12-13H2,1H3,(H,20,21). The molecule has 3 rings (SSSR count). The fraction of sp³-hybridized carbons (Fsp3) is 0.211. The third-order valence-corrected chi connectivity index (χ3v) is 4.83. The fourth-order valence-corrected chi connectivity index (χ4v) is 3.27. The van der Waals surface area contributed by atoms with E-state index in [2.05, 4.69) is 5.32 Å². The first kappa shape index (κ1) is 18.0. The highest BCUT2D eigenvalue weighted by Gasteiger charge is 2.36. The van der Waals surface area contributed by atoms with Crippen molar-refractivity contribution < 1.29 is 23.8 Å². The van der Waals surface area contributed by atoms with Crippen LogP contribution in [-0.2, 0) is 10.4 Å². The molecule has 26 heavy (non-hydrogen) atoms. The van der Waals surface area contributed by atoms with Crippen LogP contribution >= 0.6 is 11.3 Å². The molecule has 0 aliphatic rings. The van der Waals surface area contributed by atoms with Crippen LogP contribution in [0, 0.1) is 0 Å². The van der Waals surface area contributed by atoms with Crippen LogP contribution in [-0.4, -0.2) is 31.3 Å². The van der Waals surface area contributed by atoms with Gasteiger partial charge in [-0.1, -0.05) is 12.1 Å². The van der Waals surface area contributed by atoms with Crippen LogP contribution in [0.15, 0.2) is 64.6 Å². The van der Waals surface area contributed by atoms with E-state index < -0.39 is 5.60 Å². The minimum absolute atomic E-state index is 0.0265. The molecular weight excluding hydrogens is 354 g/mol. The van der Waals surface area contributed by atoms with Gasteiger partial charge in [0.15, 0.2) is 12.2 Å². The molecule has 7 heteroatoms. The minimum Gasteiger partial charge on any atom is -0.497 e. The van der Waals surface area contributed by atoms with E-state index in [-0.39, 0.29) is 19.1 Å². The van der Waals surface area contributed by atoms with Gasteiger partial charge in [-0.15, -0.1) is 11.3 Å². The van der Waals surface area contributed by atoms with Gasteiger partial charge in [-0.05, 0) is 35.7 Å². The fourth-order valence-electron chi connectivity index (χ4n) is 2.44. The predicted molar refractivity (Wildman–Crippen MR) is 97.5 cm³/mol. The lowest BCUT2D eigenvalue weighted by atomic mass is 9.98. The van der Waals surface area contributed by atoms with E-state index in [1.165, 1.54) is 17.6 Å². The SMILES string of the molecule is COc1cccc(OCC(=O)NCC(O)(c2ccco2)c2cccs2)c1. The maximum atomic E-state index is 12.2. The Morgan fingerprint density at radius 3 is 2.77 bits per heavy atom. The Morgan fingerprint density at radius 1 is 1.23 bits per heavy atom. The van der Waals surface area contributed by atoms with Gasteiger partial charge in [0.25, 0.3) is 5.91 Å². The van der Waals surface area contributed by atoms with Gasteiger partial charge in [-0.2, -0.15) is 0 Å². The van der Waals surface area contributed by atoms with Gasteiger partial charge in [-0.25, -0.2) is 0 Å². The second-order valence-corrected chi connectivity index (χ2v) is 6.51. The normalized spacial score (nSPS) is 13.0. The zero-order chi connectivity index (χ0) is 18.4. The molecule has 2 aromatic heterocycles. The molecule has 1 unspecified atom stereocenters. The highest BCUT2D eigenvalue weighted by atomic mass is 32.1. The van der Waals surface area contributed by atoms with Gasteiger partial charge in [0.05, 0.1) is 19.9 Å². The van der Waals surface area contributed by atoms with Crippen LogP contribution in [0.3, 0.4) is 0 Å². The maximum absolute atomic E-state index is 12.2. The van der Waals surface area contributed by atoms with Crippen LogP contribution in [0.1, 0.15) is 10.6 Å². The molecule has 2 heterocycles. The number of benzene rings is 1. The number of hydrogen-bond donors (Lipinski definition) is 2. The number of carbonyl (C=O) groups is 1. The van der Waals surface area contributed by atoms with E-state index in [0.29, 0.717) is 22.1 Å². The molecule has 0 aliphatic carbocycles. The summed E-state index contributed by atoms with van der Waals surface area (Å²) in [5.74, 6) is 1.19. The van der Waals surface area contributed by atoms with Crippen LogP contribution in [0.5, 0.6) is 11.5 Å². The van der Waals surface area contributed by atoms with E-state index >= 15 is 0 Å². The second-order valence-electron chi connectivity index (χ2n) is 5.56. The number of carbonyl (C=O) groups excluding carboxylic acids is 1. The molecule has 6 nitrogen and oxygen atoms in total.